The monoisotopic (exact) mass is 329 g/mol. The quantitative estimate of drug-likeness (QED) is 0.673. The molecule has 0 aromatic carbocycles. The van der Waals surface area contributed by atoms with E-state index in [9.17, 15) is 18.0 Å². The molecule has 2 aliphatic heterocycles. The molecule has 8 heteroatoms. The van der Waals surface area contributed by atoms with E-state index < -0.39 is 15.4 Å². The molecule has 3 fully saturated rings. The first-order valence-corrected chi connectivity index (χ1v) is 9.69. The van der Waals surface area contributed by atoms with E-state index in [1.807, 2.05) is 4.90 Å². The highest BCUT2D eigenvalue weighted by Crippen LogP contribution is 2.46. The summed E-state index contributed by atoms with van der Waals surface area (Å²) >= 11 is 0. The molecule has 7 nitrogen and oxygen atoms in total. The Kier molecular flexibility index (Phi) is 4.03. The zero-order chi connectivity index (χ0) is 16.0. The first kappa shape index (κ1) is 15.9. The van der Waals surface area contributed by atoms with Gasteiger partial charge in [0, 0.05) is 32.6 Å². The number of amides is 2. The van der Waals surface area contributed by atoms with Gasteiger partial charge in [0.1, 0.15) is 0 Å². The number of likely N-dealkylation sites (tertiary alicyclic amines) is 1. The fourth-order valence-corrected chi connectivity index (χ4v) is 4.67. The van der Waals surface area contributed by atoms with Crippen molar-refractivity contribution in [1.29, 1.82) is 0 Å². The number of hydrogen-bond donors (Lipinski definition) is 0. The Morgan fingerprint density at radius 2 is 1.64 bits per heavy atom. The molecule has 2 amide bonds. The van der Waals surface area contributed by atoms with E-state index in [1.165, 1.54) is 15.5 Å². The smallest absolute Gasteiger partial charge is 0.237 e. The fourth-order valence-electron chi connectivity index (χ4n) is 3.85. The van der Waals surface area contributed by atoms with Crippen LogP contribution in [0.15, 0.2) is 0 Å². The Bertz CT molecular complexity index is 575. The lowest BCUT2D eigenvalue weighted by Gasteiger charge is -2.35. The first-order chi connectivity index (χ1) is 10.3. The van der Waals surface area contributed by atoms with Gasteiger partial charge in [-0.15, -0.1) is 0 Å². The van der Waals surface area contributed by atoms with Crippen LogP contribution in [0.4, 0.5) is 0 Å². The molecule has 3 rings (SSSR count). The zero-order valence-electron chi connectivity index (χ0n) is 13.0. The van der Waals surface area contributed by atoms with Gasteiger partial charge in [-0.1, -0.05) is 12.8 Å². The molecule has 2 heterocycles. The van der Waals surface area contributed by atoms with Crippen molar-refractivity contribution in [3.63, 3.8) is 0 Å². The summed E-state index contributed by atoms with van der Waals surface area (Å²) in [5.41, 5.74) is -0.425. The molecule has 22 heavy (non-hydrogen) atoms. The van der Waals surface area contributed by atoms with Crippen molar-refractivity contribution in [3.05, 3.63) is 0 Å². The van der Waals surface area contributed by atoms with Gasteiger partial charge in [-0.25, -0.2) is 8.42 Å². The largest absolute Gasteiger partial charge is 0.283 e. The minimum Gasteiger partial charge on any atom is -0.283 e. The Morgan fingerprint density at radius 3 is 2.18 bits per heavy atom. The molecule has 0 aromatic heterocycles. The van der Waals surface area contributed by atoms with Crippen LogP contribution in [-0.2, 0) is 19.6 Å². The van der Waals surface area contributed by atoms with Crippen molar-refractivity contribution >= 4 is 21.8 Å². The average molecular weight is 329 g/mol. The minimum atomic E-state index is -3.16. The second-order valence-corrected chi connectivity index (χ2v) is 8.70. The molecule has 0 aromatic rings. The van der Waals surface area contributed by atoms with Gasteiger partial charge in [-0.3, -0.25) is 19.4 Å². The van der Waals surface area contributed by atoms with Crippen molar-refractivity contribution in [2.75, 3.05) is 39.1 Å². The summed E-state index contributed by atoms with van der Waals surface area (Å²) < 4.78 is 24.4. The molecular formula is C14H23N3O4S. The molecule has 0 N–H and O–H groups in total. The van der Waals surface area contributed by atoms with Gasteiger partial charge in [-0.2, -0.15) is 4.31 Å². The molecule has 0 unspecified atom stereocenters. The highest BCUT2D eigenvalue weighted by Gasteiger charge is 2.52. The molecule has 0 radical (unpaired) electrons. The number of nitrogens with zero attached hydrogens (tertiary/aromatic N) is 3. The lowest BCUT2D eigenvalue weighted by atomic mass is 9.85. The van der Waals surface area contributed by atoms with Gasteiger partial charge in [-0.05, 0) is 12.8 Å². The molecule has 124 valence electrons. The number of carbonyl (C=O) groups is 2. The van der Waals surface area contributed by atoms with Crippen LogP contribution in [0, 0.1) is 5.41 Å². The summed E-state index contributed by atoms with van der Waals surface area (Å²) in [6.07, 6.45) is 5.28. The number of piperazine rings is 1. The summed E-state index contributed by atoms with van der Waals surface area (Å²) in [4.78, 5) is 28.2. The Morgan fingerprint density at radius 1 is 1.05 bits per heavy atom. The third-order valence-corrected chi connectivity index (χ3v) is 6.50. The van der Waals surface area contributed by atoms with E-state index in [0.717, 1.165) is 25.7 Å². The number of carbonyl (C=O) groups excluding carboxylic acids is 2. The van der Waals surface area contributed by atoms with E-state index >= 15 is 0 Å². The predicted molar refractivity (Wildman–Crippen MR) is 80.2 cm³/mol. The molecule has 2 saturated heterocycles. The SMILES string of the molecule is CS(=O)(=O)N1CCN(CN2C(=O)CC3(CCCC3)C2=O)CC1. The third-order valence-electron chi connectivity index (χ3n) is 5.19. The third kappa shape index (κ3) is 2.79. The highest BCUT2D eigenvalue weighted by molar-refractivity contribution is 7.88. The van der Waals surface area contributed by atoms with Crippen LogP contribution in [0.5, 0.6) is 0 Å². The standard InChI is InChI=1S/C14H23N3O4S/c1-22(20,21)16-8-6-15(7-9-16)11-17-12(18)10-14(13(17)19)4-2-3-5-14/h2-11H2,1H3. The van der Waals surface area contributed by atoms with E-state index in [4.69, 9.17) is 0 Å². The van der Waals surface area contributed by atoms with Crippen molar-refractivity contribution in [2.24, 2.45) is 5.41 Å². The molecule has 0 bridgehead atoms. The summed E-state index contributed by atoms with van der Waals surface area (Å²) in [6, 6.07) is 0. The lowest BCUT2D eigenvalue weighted by Crippen LogP contribution is -2.52. The Balaban J connectivity index is 1.60. The van der Waals surface area contributed by atoms with Crippen LogP contribution < -0.4 is 0 Å². The van der Waals surface area contributed by atoms with Crippen molar-refractivity contribution < 1.29 is 18.0 Å². The van der Waals surface area contributed by atoms with E-state index in [2.05, 4.69) is 0 Å². The van der Waals surface area contributed by atoms with Crippen LogP contribution in [0.2, 0.25) is 0 Å². The van der Waals surface area contributed by atoms with E-state index in [1.54, 1.807) is 0 Å². The van der Waals surface area contributed by atoms with Crippen LogP contribution in [0.1, 0.15) is 32.1 Å². The van der Waals surface area contributed by atoms with Gasteiger partial charge in [0.2, 0.25) is 21.8 Å². The zero-order valence-corrected chi connectivity index (χ0v) is 13.8. The molecule has 0 atom stereocenters. The van der Waals surface area contributed by atoms with Crippen LogP contribution >= 0.6 is 0 Å². The summed E-state index contributed by atoms with van der Waals surface area (Å²) in [6.45, 7) is 2.24. The van der Waals surface area contributed by atoms with Gasteiger partial charge < -0.3 is 0 Å². The van der Waals surface area contributed by atoms with Gasteiger partial charge in [0.25, 0.3) is 0 Å². The second-order valence-electron chi connectivity index (χ2n) is 6.71. The maximum Gasteiger partial charge on any atom is 0.237 e. The second kappa shape index (κ2) is 5.58. The van der Waals surface area contributed by atoms with Crippen LogP contribution in [0.3, 0.4) is 0 Å². The number of rotatable bonds is 3. The number of sulfonamides is 1. The van der Waals surface area contributed by atoms with Crippen molar-refractivity contribution in [3.8, 4) is 0 Å². The highest BCUT2D eigenvalue weighted by atomic mass is 32.2. The maximum atomic E-state index is 12.6. The van der Waals surface area contributed by atoms with Crippen LogP contribution in [-0.4, -0.2) is 73.4 Å². The van der Waals surface area contributed by atoms with E-state index in [0.29, 0.717) is 39.3 Å². The first-order valence-electron chi connectivity index (χ1n) is 7.84. The number of imide groups is 1. The topological polar surface area (TPSA) is 78.0 Å². The fraction of sp³-hybridized carbons (Fsp3) is 0.857. The molecule has 3 aliphatic rings. The molecule has 1 saturated carbocycles. The molecule has 1 aliphatic carbocycles. The average Bonchev–Trinajstić information content (AvgIpc) is 3.00. The number of hydrogen-bond acceptors (Lipinski definition) is 5. The summed E-state index contributed by atoms with van der Waals surface area (Å²) in [7, 11) is -3.16. The molecular weight excluding hydrogens is 306 g/mol. The normalized spacial score (nSPS) is 27.2. The van der Waals surface area contributed by atoms with Crippen molar-refractivity contribution in [2.45, 2.75) is 32.1 Å². The predicted octanol–water partition coefficient (Wildman–Crippen LogP) is -0.160. The Labute approximate surface area is 131 Å². The molecule has 1 spiro atoms. The van der Waals surface area contributed by atoms with Gasteiger partial charge in [0.05, 0.1) is 18.3 Å². The van der Waals surface area contributed by atoms with Gasteiger partial charge in [0.15, 0.2) is 0 Å². The lowest BCUT2D eigenvalue weighted by molar-refractivity contribution is -0.144. The summed E-state index contributed by atoms with van der Waals surface area (Å²) in [5, 5.41) is 0. The maximum absolute atomic E-state index is 12.6. The van der Waals surface area contributed by atoms with E-state index in [-0.39, 0.29) is 11.8 Å². The minimum absolute atomic E-state index is 0.0134. The van der Waals surface area contributed by atoms with Gasteiger partial charge >= 0.3 is 0 Å². The Hall–Kier alpha value is -0.990. The van der Waals surface area contributed by atoms with Crippen molar-refractivity contribution in [1.82, 2.24) is 14.1 Å². The summed E-state index contributed by atoms with van der Waals surface area (Å²) in [5.74, 6) is -0.0852. The van der Waals surface area contributed by atoms with Crippen LogP contribution in [0.25, 0.3) is 0 Å².